The van der Waals surface area contributed by atoms with Gasteiger partial charge in [0.05, 0.1) is 6.42 Å². The van der Waals surface area contributed by atoms with E-state index in [4.69, 9.17) is 5.11 Å². The minimum absolute atomic E-state index is 0.0351. The molecule has 0 aliphatic heterocycles. The van der Waals surface area contributed by atoms with Crippen LogP contribution in [0.1, 0.15) is 46.0 Å². The first-order valence-electron chi connectivity index (χ1n) is 6.02. The van der Waals surface area contributed by atoms with Crippen molar-refractivity contribution in [3.8, 4) is 0 Å². The quantitative estimate of drug-likeness (QED) is 0.722. The zero-order chi connectivity index (χ0) is 12.1. The predicted octanol–water partition coefficient (Wildman–Crippen LogP) is 1.89. The summed E-state index contributed by atoms with van der Waals surface area (Å²) >= 11 is 0. The van der Waals surface area contributed by atoms with Gasteiger partial charge in [-0.25, -0.2) is 0 Å². The molecule has 0 aromatic rings. The van der Waals surface area contributed by atoms with Crippen LogP contribution in [0.2, 0.25) is 0 Å². The molecule has 16 heavy (non-hydrogen) atoms. The maximum Gasteiger partial charge on any atom is 0.305 e. The van der Waals surface area contributed by atoms with Crippen molar-refractivity contribution < 1.29 is 14.7 Å². The third-order valence-electron chi connectivity index (χ3n) is 2.97. The molecule has 92 valence electrons. The Bertz CT molecular complexity index is 259. The van der Waals surface area contributed by atoms with Gasteiger partial charge in [-0.3, -0.25) is 9.59 Å². The number of aliphatic carboxylic acids is 1. The van der Waals surface area contributed by atoms with Crippen LogP contribution >= 0.6 is 0 Å². The molecule has 1 aliphatic rings. The topological polar surface area (TPSA) is 57.6 Å². The molecule has 0 radical (unpaired) electrons. The average Bonchev–Trinajstić information content (AvgIpc) is 2.97. The molecule has 1 amide bonds. The van der Waals surface area contributed by atoms with E-state index in [1.165, 1.54) is 12.8 Å². The third-order valence-corrected chi connectivity index (χ3v) is 2.97. The molecule has 0 aromatic heterocycles. The lowest BCUT2D eigenvalue weighted by Crippen LogP contribution is -2.38. The molecule has 4 heteroatoms. The van der Waals surface area contributed by atoms with Gasteiger partial charge >= 0.3 is 5.97 Å². The van der Waals surface area contributed by atoms with E-state index in [1.807, 2.05) is 13.8 Å². The largest absolute Gasteiger partial charge is 0.481 e. The monoisotopic (exact) mass is 227 g/mol. The first kappa shape index (κ1) is 13.0. The van der Waals surface area contributed by atoms with Gasteiger partial charge in [-0.15, -0.1) is 0 Å². The van der Waals surface area contributed by atoms with Crippen LogP contribution in [0.4, 0.5) is 0 Å². The molecule has 0 unspecified atom stereocenters. The molecule has 0 saturated heterocycles. The highest BCUT2D eigenvalue weighted by molar-refractivity contribution is 5.77. The predicted molar refractivity (Wildman–Crippen MR) is 61.1 cm³/mol. The molecule has 4 nitrogen and oxygen atoms in total. The van der Waals surface area contributed by atoms with Gasteiger partial charge in [0.15, 0.2) is 0 Å². The summed E-state index contributed by atoms with van der Waals surface area (Å²) in [5.74, 6) is 0.00114. The molecule has 1 N–H and O–H groups in total. The van der Waals surface area contributed by atoms with Gasteiger partial charge in [0.1, 0.15) is 0 Å². The van der Waals surface area contributed by atoms with E-state index in [0.717, 1.165) is 12.3 Å². The zero-order valence-corrected chi connectivity index (χ0v) is 10.1. The van der Waals surface area contributed by atoms with Crippen LogP contribution in [0.25, 0.3) is 0 Å². The summed E-state index contributed by atoms with van der Waals surface area (Å²) in [5.41, 5.74) is 0. The molecule has 0 atom stereocenters. The molecular weight excluding hydrogens is 206 g/mol. The van der Waals surface area contributed by atoms with Gasteiger partial charge in [-0.1, -0.05) is 12.8 Å². The molecule has 1 saturated carbocycles. The lowest BCUT2D eigenvalue weighted by atomic mass is 10.2. The van der Waals surface area contributed by atoms with Gasteiger partial charge < -0.3 is 10.0 Å². The SMILES string of the molecule is CC(C)N(CCC(=O)O)C(=O)CCC1CC1. The number of hydrogen-bond donors (Lipinski definition) is 1. The van der Waals surface area contributed by atoms with Crippen LogP contribution in [0.3, 0.4) is 0 Å². The van der Waals surface area contributed by atoms with Crippen molar-refractivity contribution in [2.75, 3.05) is 6.54 Å². The second-order valence-electron chi connectivity index (χ2n) is 4.81. The summed E-state index contributed by atoms with van der Waals surface area (Å²) in [6.07, 6.45) is 4.08. The number of carbonyl (C=O) groups excluding carboxylic acids is 1. The Hall–Kier alpha value is -1.06. The lowest BCUT2D eigenvalue weighted by molar-refractivity contribution is -0.139. The molecule has 0 bridgehead atoms. The maximum atomic E-state index is 11.9. The van der Waals surface area contributed by atoms with Gasteiger partial charge in [0.2, 0.25) is 5.91 Å². The van der Waals surface area contributed by atoms with Gasteiger partial charge in [-0.2, -0.15) is 0 Å². The van der Waals surface area contributed by atoms with E-state index in [2.05, 4.69) is 0 Å². The third kappa shape index (κ3) is 4.64. The minimum atomic E-state index is -0.847. The van der Waals surface area contributed by atoms with Gasteiger partial charge in [0, 0.05) is 19.0 Å². The van der Waals surface area contributed by atoms with Crippen LogP contribution in [-0.4, -0.2) is 34.5 Å². The highest BCUT2D eigenvalue weighted by atomic mass is 16.4. The molecule has 1 aliphatic carbocycles. The summed E-state index contributed by atoms with van der Waals surface area (Å²) in [6, 6.07) is 0.0889. The van der Waals surface area contributed by atoms with E-state index in [1.54, 1.807) is 4.90 Å². The molecule has 0 spiro atoms. The Morgan fingerprint density at radius 3 is 2.38 bits per heavy atom. The van der Waals surface area contributed by atoms with E-state index in [-0.39, 0.29) is 18.4 Å². The van der Waals surface area contributed by atoms with Gasteiger partial charge in [0.25, 0.3) is 0 Å². The fourth-order valence-corrected chi connectivity index (χ4v) is 1.76. The Morgan fingerprint density at radius 1 is 1.31 bits per heavy atom. The summed E-state index contributed by atoms with van der Waals surface area (Å²) in [6.45, 7) is 4.18. The molecule has 0 heterocycles. The highest BCUT2D eigenvalue weighted by Crippen LogP contribution is 2.33. The Balaban J connectivity index is 2.34. The average molecular weight is 227 g/mol. The number of nitrogens with zero attached hydrogens (tertiary/aromatic N) is 1. The second kappa shape index (κ2) is 5.87. The van der Waals surface area contributed by atoms with E-state index in [9.17, 15) is 9.59 Å². The van der Waals surface area contributed by atoms with Crippen molar-refractivity contribution >= 4 is 11.9 Å². The standard InChI is InChI=1S/C12H21NO3/c1-9(2)13(8-7-12(15)16)11(14)6-5-10-3-4-10/h9-10H,3-8H2,1-2H3,(H,15,16). The first-order valence-corrected chi connectivity index (χ1v) is 6.02. The number of hydrogen-bond acceptors (Lipinski definition) is 2. The van der Waals surface area contributed by atoms with Crippen LogP contribution < -0.4 is 0 Å². The molecule has 0 aromatic carbocycles. The summed E-state index contributed by atoms with van der Waals surface area (Å²) in [5, 5.41) is 8.62. The molecular formula is C12H21NO3. The van der Waals surface area contributed by atoms with Crippen molar-refractivity contribution in [1.29, 1.82) is 0 Å². The van der Waals surface area contributed by atoms with E-state index >= 15 is 0 Å². The van der Waals surface area contributed by atoms with Crippen LogP contribution in [0.15, 0.2) is 0 Å². The first-order chi connectivity index (χ1) is 7.50. The number of rotatable bonds is 7. The smallest absolute Gasteiger partial charge is 0.305 e. The summed E-state index contributed by atoms with van der Waals surface area (Å²) in [4.78, 5) is 24.0. The maximum absolute atomic E-state index is 11.9. The number of amides is 1. The molecule has 1 rings (SSSR count). The normalized spacial score (nSPS) is 15.2. The van der Waals surface area contributed by atoms with E-state index in [0.29, 0.717) is 13.0 Å². The van der Waals surface area contributed by atoms with Gasteiger partial charge in [-0.05, 0) is 26.2 Å². The van der Waals surface area contributed by atoms with Crippen molar-refractivity contribution in [3.05, 3.63) is 0 Å². The number of carboxylic acids is 1. The fourth-order valence-electron chi connectivity index (χ4n) is 1.76. The van der Waals surface area contributed by atoms with Crippen molar-refractivity contribution in [2.45, 2.75) is 52.0 Å². The molecule has 1 fully saturated rings. The summed E-state index contributed by atoms with van der Waals surface area (Å²) in [7, 11) is 0. The Labute approximate surface area is 96.6 Å². The number of carbonyl (C=O) groups is 2. The lowest BCUT2D eigenvalue weighted by Gasteiger charge is -2.26. The van der Waals surface area contributed by atoms with Crippen LogP contribution in [-0.2, 0) is 9.59 Å². The van der Waals surface area contributed by atoms with Crippen molar-refractivity contribution in [3.63, 3.8) is 0 Å². The fraction of sp³-hybridized carbons (Fsp3) is 0.833. The zero-order valence-electron chi connectivity index (χ0n) is 10.1. The van der Waals surface area contributed by atoms with E-state index < -0.39 is 5.97 Å². The Kier molecular flexibility index (Phi) is 4.77. The summed E-state index contributed by atoms with van der Waals surface area (Å²) < 4.78 is 0. The minimum Gasteiger partial charge on any atom is -0.481 e. The Morgan fingerprint density at radius 2 is 1.94 bits per heavy atom. The van der Waals surface area contributed by atoms with Crippen molar-refractivity contribution in [1.82, 2.24) is 4.90 Å². The number of carboxylic acid groups (broad SMARTS) is 1. The van der Waals surface area contributed by atoms with Crippen molar-refractivity contribution in [2.24, 2.45) is 5.92 Å². The van der Waals surface area contributed by atoms with Crippen LogP contribution in [0, 0.1) is 5.92 Å². The highest BCUT2D eigenvalue weighted by Gasteiger charge is 2.24. The van der Waals surface area contributed by atoms with Crippen LogP contribution in [0.5, 0.6) is 0 Å². The second-order valence-corrected chi connectivity index (χ2v) is 4.81.